The number of hydrazine groups is 1. The molecule has 0 amide bonds. The van der Waals surface area contributed by atoms with Gasteiger partial charge in [-0.3, -0.25) is 10.7 Å². The fraction of sp³-hybridized carbons (Fsp3) is 1.00. The summed E-state index contributed by atoms with van der Waals surface area (Å²) < 4.78 is 0. The third-order valence-corrected chi connectivity index (χ3v) is 7.16. The van der Waals surface area contributed by atoms with Crippen molar-refractivity contribution < 1.29 is 10.2 Å². The molecule has 0 spiro atoms. The Labute approximate surface area is 149 Å². The zero-order valence-electron chi connectivity index (χ0n) is 14.2. The number of aliphatic hydroxyl groups is 2. The Morgan fingerprint density at radius 1 is 1.08 bits per heavy atom. The molecule has 4 rings (SSSR count). The average molecular weight is 359 g/mol. The van der Waals surface area contributed by atoms with E-state index >= 15 is 0 Å². The molecule has 0 radical (unpaired) electrons. The molecule has 4 fully saturated rings. The van der Waals surface area contributed by atoms with Crippen molar-refractivity contribution in [2.75, 3.05) is 19.7 Å². The van der Waals surface area contributed by atoms with E-state index in [1.165, 1.54) is 0 Å². The minimum atomic E-state index is -0.312. The summed E-state index contributed by atoms with van der Waals surface area (Å²) in [6, 6.07) is 0.290. The van der Waals surface area contributed by atoms with Crippen molar-refractivity contribution in [1.29, 1.82) is 0 Å². The standard InChI is InChI=1S/C17H31ClN4O2/c18-10-1-2-12(14(24)7-10)15-11-3-6-19-8-13(11)16(22-21-15)20-17(9-23)4-5-17/h10-16,19-24H,1-9H2. The third kappa shape index (κ3) is 3.34. The maximum Gasteiger partial charge on any atom is 0.0753 e. The average Bonchev–Trinajstić information content (AvgIpc) is 3.36. The Morgan fingerprint density at radius 2 is 1.92 bits per heavy atom. The van der Waals surface area contributed by atoms with Crippen LogP contribution in [0.5, 0.6) is 0 Å². The van der Waals surface area contributed by atoms with Crippen LogP contribution in [0.25, 0.3) is 0 Å². The van der Waals surface area contributed by atoms with E-state index in [9.17, 15) is 10.2 Å². The van der Waals surface area contributed by atoms with Crippen LogP contribution in [0.15, 0.2) is 0 Å². The first-order valence-corrected chi connectivity index (χ1v) is 9.98. The summed E-state index contributed by atoms with van der Waals surface area (Å²) in [6.45, 7) is 2.23. The molecule has 138 valence electrons. The van der Waals surface area contributed by atoms with Crippen LogP contribution in [0.3, 0.4) is 0 Å². The summed E-state index contributed by atoms with van der Waals surface area (Å²) in [6.07, 6.45) is 5.76. The molecule has 2 aliphatic heterocycles. The van der Waals surface area contributed by atoms with Crippen LogP contribution in [0.1, 0.15) is 38.5 Å². The van der Waals surface area contributed by atoms with E-state index < -0.39 is 0 Å². The number of fused-ring (bicyclic) bond motifs is 1. The van der Waals surface area contributed by atoms with Crippen LogP contribution in [0.2, 0.25) is 0 Å². The summed E-state index contributed by atoms with van der Waals surface area (Å²) in [5.74, 6) is 1.27. The van der Waals surface area contributed by atoms with E-state index in [4.69, 9.17) is 11.6 Å². The second-order valence-electron chi connectivity index (χ2n) is 8.34. The molecule has 7 unspecified atom stereocenters. The molecule has 6 nitrogen and oxygen atoms in total. The first-order chi connectivity index (χ1) is 11.6. The van der Waals surface area contributed by atoms with Crippen LogP contribution < -0.4 is 21.5 Å². The molecule has 6 N–H and O–H groups in total. The first-order valence-electron chi connectivity index (χ1n) is 9.54. The number of rotatable bonds is 4. The summed E-state index contributed by atoms with van der Waals surface area (Å²) in [5.41, 5.74) is 6.93. The third-order valence-electron chi connectivity index (χ3n) is 6.76. The lowest BCUT2D eigenvalue weighted by molar-refractivity contribution is -0.0232. The molecule has 24 heavy (non-hydrogen) atoms. The monoisotopic (exact) mass is 358 g/mol. The van der Waals surface area contributed by atoms with E-state index in [1.54, 1.807) is 0 Å². The van der Waals surface area contributed by atoms with Gasteiger partial charge < -0.3 is 15.5 Å². The lowest BCUT2D eigenvalue weighted by Crippen LogP contribution is -2.72. The molecule has 7 atom stereocenters. The van der Waals surface area contributed by atoms with Crippen LogP contribution in [0.4, 0.5) is 0 Å². The number of aliphatic hydroxyl groups excluding tert-OH is 2. The fourth-order valence-electron chi connectivity index (χ4n) is 5.05. The highest BCUT2D eigenvalue weighted by molar-refractivity contribution is 6.20. The van der Waals surface area contributed by atoms with E-state index in [0.717, 1.165) is 45.2 Å². The molecular formula is C17H31ClN4O2. The molecule has 0 aromatic rings. The van der Waals surface area contributed by atoms with E-state index in [2.05, 4.69) is 21.5 Å². The van der Waals surface area contributed by atoms with Crippen LogP contribution in [-0.4, -0.2) is 59.1 Å². The minimum Gasteiger partial charge on any atom is -0.394 e. The summed E-state index contributed by atoms with van der Waals surface area (Å²) >= 11 is 6.23. The number of nitrogens with one attached hydrogen (secondary N) is 4. The van der Waals surface area contributed by atoms with Crippen molar-refractivity contribution in [3.63, 3.8) is 0 Å². The largest absolute Gasteiger partial charge is 0.394 e. The van der Waals surface area contributed by atoms with Crippen molar-refractivity contribution in [3.05, 3.63) is 0 Å². The van der Waals surface area contributed by atoms with E-state index in [1.807, 2.05) is 0 Å². The van der Waals surface area contributed by atoms with Gasteiger partial charge in [0.05, 0.1) is 18.9 Å². The predicted octanol–water partition coefficient (Wildman–Crippen LogP) is -0.102. The van der Waals surface area contributed by atoms with Gasteiger partial charge >= 0.3 is 0 Å². The smallest absolute Gasteiger partial charge is 0.0753 e. The summed E-state index contributed by atoms with van der Waals surface area (Å²) in [4.78, 5) is 0. The van der Waals surface area contributed by atoms with E-state index in [0.29, 0.717) is 24.3 Å². The quantitative estimate of drug-likeness (QED) is 0.393. The van der Waals surface area contributed by atoms with Crippen molar-refractivity contribution in [2.24, 2.45) is 17.8 Å². The Balaban J connectivity index is 1.46. The number of hydrogen-bond donors (Lipinski definition) is 6. The molecular weight excluding hydrogens is 328 g/mol. The Kier molecular flexibility index (Phi) is 5.08. The fourth-order valence-corrected chi connectivity index (χ4v) is 5.36. The first kappa shape index (κ1) is 17.5. The normalized spacial score (nSPS) is 47.9. The SMILES string of the molecule is OCC1(NC2NNC(C3CCC(Cl)CC3O)C3CCNCC23)CC1. The van der Waals surface area contributed by atoms with Gasteiger partial charge in [-0.05, 0) is 51.0 Å². The maximum absolute atomic E-state index is 10.6. The Hall–Kier alpha value is 0.0500. The number of hydrogen-bond acceptors (Lipinski definition) is 6. The van der Waals surface area contributed by atoms with Crippen molar-refractivity contribution in [3.8, 4) is 0 Å². The molecule has 7 heteroatoms. The van der Waals surface area contributed by atoms with Crippen LogP contribution >= 0.6 is 11.6 Å². The molecule has 2 heterocycles. The Bertz CT molecular complexity index is 450. The van der Waals surface area contributed by atoms with Gasteiger partial charge in [0.15, 0.2) is 0 Å². The van der Waals surface area contributed by atoms with Gasteiger partial charge in [-0.15, -0.1) is 11.6 Å². The highest BCUT2D eigenvalue weighted by atomic mass is 35.5. The second-order valence-corrected chi connectivity index (χ2v) is 8.95. The van der Waals surface area contributed by atoms with Crippen molar-refractivity contribution in [1.82, 2.24) is 21.5 Å². The topological polar surface area (TPSA) is 88.6 Å². The Morgan fingerprint density at radius 3 is 2.62 bits per heavy atom. The molecule has 0 aromatic heterocycles. The lowest BCUT2D eigenvalue weighted by atomic mass is 9.69. The molecule has 0 aromatic carbocycles. The number of piperidine rings is 1. The van der Waals surface area contributed by atoms with E-state index in [-0.39, 0.29) is 35.7 Å². The zero-order valence-corrected chi connectivity index (χ0v) is 14.9. The van der Waals surface area contributed by atoms with Gasteiger partial charge in [0.1, 0.15) is 0 Å². The predicted molar refractivity (Wildman–Crippen MR) is 93.5 cm³/mol. The second kappa shape index (κ2) is 6.99. The molecule has 0 bridgehead atoms. The van der Waals surface area contributed by atoms with Crippen LogP contribution in [-0.2, 0) is 0 Å². The summed E-state index contributed by atoms with van der Waals surface area (Å²) in [7, 11) is 0. The highest BCUT2D eigenvalue weighted by Crippen LogP contribution is 2.40. The van der Waals surface area contributed by atoms with Crippen LogP contribution in [0, 0.1) is 17.8 Å². The van der Waals surface area contributed by atoms with Gasteiger partial charge in [0.2, 0.25) is 0 Å². The number of halogens is 1. The molecule has 4 aliphatic rings. The number of alkyl halides is 1. The van der Waals surface area contributed by atoms with Gasteiger partial charge in [0.25, 0.3) is 0 Å². The highest BCUT2D eigenvalue weighted by Gasteiger charge is 2.50. The van der Waals surface area contributed by atoms with Gasteiger partial charge in [0, 0.05) is 35.3 Å². The lowest BCUT2D eigenvalue weighted by Gasteiger charge is -2.51. The van der Waals surface area contributed by atoms with Crippen molar-refractivity contribution in [2.45, 2.75) is 67.8 Å². The molecule has 2 saturated heterocycles. The van der Waals surface area contributed by atoms with Gasteiger partial charge in [-0.1, -0.05) is 0 Å². The minimum absolute atomic E-state index is 0.0790. The zero-order chi connectivity index (χ0) is 16.7. The maximum atomic E-state index is 10.6. The molecule has 2 saturated carbocycles. The van der Waals surface area contributed by atoms with Crippen molar-refractivity contribution >= 4 is 11.6 Å². The molecule has 2 aliphatic carbocycles. The summed E-state index contributed by atoms with van der Waals surface area (Å²) in [5, 5.41) is 27.5. The van der Waals surface area contributed by atoms with Gasteiger partial charge in [-0.25, -0.2) is 5.43 Å². The van der Waals surface area contributed by atoms with Gasteiger partial charge in [-0.2, -0.15) is 0 Å².